The molecule has 2 nitrogen and oxygen atoms in total. The first-order valence-electron chi connectivity index (χ1n) is 7.74. The molecule has 1 aromatic carbocycles. The summed E-state index contributed by atoms with van der Waals surface area (Å²) in [5, 5.41) is 4.93. The van der Waals surface area contributed by atoms with Crippen LogP contribution in [0.4, 0.5) is 0 Å². The van der Waals surface area contributed by atoms with Gasteiger partial charge in [-0.3, -0.25) is 0 Å². The van der Waals surface area contributed by atoms with Crippen molar-refractivity contribution in [3.05, 3.63) is 50.5 Å². The first kappa shape index (κ1) is 16.2. The highest BCUT2D eigenvalue weighted by atomic mass is 32.1. The summed E-state index contributed by atoms with van der Waals surface area (Å²) in [4.78, 5) is 6.05. The fraction of sp³-hybridized carbons (Fsp3) is 0.500. The van der Waals surface area contributed by atoms with Gasteiger partial charge in [0.25, 0.3) is 0 Å². The van der Waals surface area contributed by atoms with Crippen LogP contribution in [0.3, 0.4) is 0 Å². The number of hydrogen-bond acceptors (Lipinski definition) is 3. The quantitative estimate of drug-likeness (QED) is 0.839. The van der Waals surface area contributed by atoms with Crippen molar-refractivity contribution < 1.29 is 0 Å². The SMILES string of the molecule is CCCNC(Cc1nc(C)c(C)s1)c1cc(C)ccc1C. The first-order valence-corrected chi connectivity index (χ1v) is 8.56. The minimum absolute atomic E-state index is 0.356. The molecule has 0 aliphatic heterocycles. The fourth-order valence-corrected chi connectivity index (χ4v) is 3.53. The van der Waals surface area contributed by atoms with Gasteiger partial charge >= 0.3 is 0 Å². The Morgan fingerprint density at radius 1 is 1.19 bits per heavy atom. The minimum Gasteiger partial charge on any atom is -0.310 e. The lowest BCUT2D eigenvalue weighted by molar-refractivity contribution is 0.525. The number of nitrogens with one attached hydrogen (secondary N) is 1. The molecular weight excluding hydrogens is 276 g/mol. The average Bonchev–Trinajstić information content (AvgIpc) is 2.76. The molecule has 114 valence electrons. The number of nitrogens with zero attached hydrogens (tertiary/aromatic N) is 1. The zero-order chi connectivity index (χ0) is 15.4. The predicted molar refractivity (Wildman–Crippen MR) is 92.2 cm³/mol. The summed E-state index contributed by atoms with van der Waals surface area (Å²) in [5.74, 6) is 0. The number of aryl methyl sites for hydroxylation is 4. The number of thiazole rings is 1. The molecule has 1 unspecified atom stereocenters. The van der Waals surface area contributed by atoms with Gasteiger partial charge in [0.05, 0.1) is 10.7 Å². The molecule has 1 N–H and O–H groups in total. The van der Waals surface area contributed by atoms with E-state index in [0.29, 0.717) is 6.04 Å². The molecule has 1 heterocycles. The van der Waals surface area contributed by atoms with E-state index in [1.54, 1.807) is 0 Å². The maximum atomic E-state index is 4.71. The molecule has 0 saturated heterocycles. The predicted octanol–water partition coefficient (Wildman–Crippen LogP) is 4.66. The molecule has 0 amide bonds. The highest BCUT2D eigenvalue weighted by Crippen LogP contribution is 2.26. The van der Waals surface area contributed by atoms with E-state index >= 15 is 0 Å². The van der Waals surface area contributed by atoms with E-state index < -0.39 is 0 Å². The summed E-state index contributed by atoms with van der Waals surface area (Å²) in [6.45, 7) is 11.9. The van der Waals surface area contributed by atoms with Gasteiger partial charge in [-0.15, -0.1) is 11.3 Å². The van der Waals surface area contributed by atoms with Crippen LogP contribution in [0.2, 0.25) is 0 Å². The molecule has 21 heavy (non-hydrogen) atoms. The summed E-state index contributed by atoms with van der Waals surface area (Å²) < 4.78 is 0. The lowest BCUT2D eigenvalue weighted by atomic mass is 9.96. The third-order valence-electron chi connectivity index (χ3n) is 3.90. The highest BCUT2D eigenvalue weighted by Gasteiger charge is 2.16. The van der Waals surface area contributed by atoms with E-state index in [-0.39, 0.29) is 0 Å². The van der Waals surface area contributed by atoms with E-state index in [4.69, 9.17) is 4.98 Å². The molecule has 1 atom stereocenters. The molecule has 0 fully saturated rings. The maximum Gasteiger partial charge on any atom is 0.0949 e. The number of aromatic nitrogens is 1. The average molecular weight is 302 g/mol. The maximum absolute atomic E-state index is 4.71. The Morgan fingerprint density at radius 3 is 2.57 bits per heavy atom. The van der Waals surface area contributed by atoms with E-state index in [0.717, 1.165) is 19.4 Å². The standard InChI is InChI=1S/C18H26N2S/c1-6-9-19-17(11-18-20-14(4)15(5)21-18)16-10-12(2)7-8-13(16)3/h7-8,10,17,19H,6,9,11H2,1-5H3. The smallest absolute Gasteiger partial charge is 0.0949 e. The Balaban J connectivity index is 2.27. The molecule has 0 spiro atoms. The normalized spacial score (nSPS) is 12.6. The van der Waals surface area contributed by atoms with E-state index in [9.17, 15) is 0 Å². The number of rotatable bonds is 6. The molecule has 0 aliphatic rings. The Hall–Kier alpha value is -1.19. The Labute approximate surface area is 132 Å². The number of hydrogen-bond donors (Lipinski definition) is 1. The topological polar surface area (TPSA) is 24.9 Å². The monoisotopic (exact) mass is 302 g/mol. The Bertz CT molecular complexity index is 582. The van der Waals surface area contributed by atoms with E-state index in [1.165, 1.54) is 32.3 Å². The van der Waals surface area contributed by atoms with Crippen LogP contribution >= 0.6 is 11.3 Å². The van der Waals surface area contributed by atoms with Crippen molar-refractivity contribution in [2.24, 2.45) is 0 Å². The second kappa shape index (κ2) is 7.19. The molecule has 0 radical (unpaired) electrons. The van der Waals surface area contributed by atoms with Crippen LogP contribution in [0.5, 0.6) is 0 Å². The molecular formula is C18H26N2S. The molecule has 2 rings (SSSR count). The largest absolute Gasteiger partial charge is 0.310 e. The summed E-state index contributed by atoms with van der Waals surface area (Å²) in [6, 6.07) is 7.09. The molecule has 0 saturated carbocycles. The van der Waals surface area contributed by atoms with Crippen molar-refractivity contribution in [3.8, 4) is 0 Å². The van der Waals surface area contributed by atoms with Crippen molar-refractivity contribution in [1.82, 2.24) is 10.3 Å². The van der Waals surface area contributed by atoms with Gasteiger partial charge in [-0.25, -0.2) is 4.98 Å². The second-order valence-electron chi connectivity index (χ2n) is 5.82. The van der Waals surface area contributed by atoms with Crippen molar-refractivity contribution in [3.63, 3.8) is 0 Å². The summed E-state index contributed by atoms with van der Waals surface area (Å²) >= 11 is 1.83. The van der Waals surface area contributed by atoms with Gasteiger partial charge in [-0.05, 0) is 51.8 Å². The van der Waals surface area contributed by atoms with Gasteiger partial charge in [0.2, 0.25) is 0 Å². The second-order valence-corrected chi connectivity index (χ2v) is 7.11. The Morgan fingerprint density at radius 2 is 1.95 bits per heavy atom. The third-order valence-corrected chi connectivity index (χ3v) is 5.00. The van der Waals surface area contributed by atoms with Crippen LogP contribution in [0, 0.1) is 27.7 Å². The zero-order valence-electron chi connectivity index (χ0n) is 13.8. The van der Waals surface area contributed by atoms with Crippen LogP contribution < -0.4 is 5.32 Å². The van der Waals surface area contributed by atoms with Crippen molar-refractivity contribution in [2.75, 3.05) is 6.54 Å². The van der Waals surface area contributed by atoms with Gasteiger partial charge in [0.1, 0.15) is 0 Å². The number of benzene rings is 1. The summed E-state index contributed by atoms with van der Waals surface area (Å²) in [7, 11) is 0. The zero-order valence-corrected chi connectivity index (χ0v) is 14.6. The molecule has 3 heteroatoms. The molecule has 2 aromatic rings. The lowest BCUT2D eigenvalue weighted by Crippen LogP contribution is -2.25. The van der Waals surface area contributed by atoms with Gasteiger partial charge < -0.3 is 5.32 Å². The molecule has 1 aromatic heterocycles. The van der Waals surface area contributed by atoms with Gasteiger partial charge in [-0.1, -0.05) is 30.7 Å². The van der Waals surface area contributed by atoms with Gasteiger partial charge in [0.15, 0.2) is 0 Å². The fourth-order valence-electron chi connectivity index (χ4n) is 2.55. The first-order chi connectivity index (χ1) is 10.0. The minimum atomic E-state index is 0.356. The van der Waals surface area contributed by atoms with E-state index in [1.807, 2.05) is 11.3 Å². The van der Waals surface area contributed by atoms with Crippen LogP contribution in [0.25, 0.3) is 0 Å². The highest BCUT2D eigenvalue weighted by molar-refractivity contribution is 7.11. The van der Waals surface area contributed by atoms with Crippen molar-refractivity contribution in [1.29, 1.82) is 0 Å². The van der Waals surface area contributed by atoms with Crippen molar-refractivity contribution >= 4 is 11.3 Å². The Kier molecular flexibility index (Phi) is 5.54. The van der Waals surface area contributed by atoms with Crippen LogP contribution in [-0.2, 0) is 6.42 Å². The van der Waals surface area contributed by atoms with Crippen LogP contribution in [0.1, 0.15) is 51.7 Å². The van der Waals surface area contributed by atoms with Gasteiger partial charge in [0, 0.05) is 17.3 Å². The molecule has 0 bridgehead atoms. The van der Waals surface area contributed by atoms with E-state index in [2.05, 4.69) is 58.1 Å². The molecule has 0 aliphatic carbocycles. The third kappa shape index (κ3) is 4.14. The van der Waals surface area contributed by atoms with Crippen molar-refractivity contribution in [2.45, 2.75) is 53.5 Å². The summed E-state index contributed by atoms with van der Waals surface area (Å²) in [5.41, 5.74) is 5.27. The lowest BCUT2D eigenvalue weighted by Gasteiger charge is -2.20. The summed E-state index contributed by atoms with van der Waals surface area (Å²) in [6.07, 6.45) is 2.13. The van der Waals surface area contributed by atoms with Gasteiger partial charge in [-0.2, -0.15) is 0 Å². The van der Waals surface area contributed by atoms with Crippen LogP contribution in [0.15, 0.2) is 18.2 Å². The van der Waals surface area contributed by atoms with Crippen LogP contribution in [-0.4, -0.2) is 11.5 Å².